The zero-order valence-electron chi connectivity index (χ0n) is 15.0. The molecule has 0 bridgehead atoms. The van der Waals surface area contributed by atoms with Gasteiger partial charge in [0.25, 0.3) is 0 Å². The van der Waals surface area contributed by atoms with Crippen LogP contribution in [0.1, 0.15) is 52.9 Å². The molecule has 1 saturated carbocycles. The summed E-state index contributed by atoms with van der Waals surface area (Å²) in [6, 6.07) is 8.08. The fourth-order valence-electron chi connectivity index (χ4n) is 4.73. The zero-order chi connectivity index (χ0) is 17.3. The molecule has 132 valence electrons. The monoisotopic (exact) mass is 348 g/mol. The Kier molecular flexibility index (Phi) is 5.10. The first-order chi connectivity index (χ1) is 11.3. The molecular formula is C20H29ClN2O. The average molecular weight is 349 g/mol. The normalized spacial score (nSPS) is 29.5. The third-order valence-electron chi connectivity index (χ3n) is 5.45. The predicted octanol–water partition coefficient (Wildman–Crippen LogP) is 4.64. The molecule has 1 heterocycles. The number of halogens is 1. The number of anilines is 1. The number of nitrogens with zero attached hydrogens (tertiary/aromatic N) is 1. The molecule has 0 aromatic heterocycles. The van der Waals surface area contributed by atoms with E-state index in [0.29, 0.717) is 17.4 Å². The van der Waals surface area contributed by atoms with Gasteiger partial charge in [-0.2, -0.15) is 0 Å². The van der Waals surface area contributed by atoms with Gasteiger partial charge in [0.05, 0.1) is 0 Å². The van der Waals surface area contributed by atoms with Gasteiger partial charge in [0.15, 0.2) is 0 Å². The van der Waals surface area contributed by atoms with E-state index in [1.807, 2.05) is 24.3 Å². The molecule has 0 spiro atoms. The second-order valence-electron chi connectivity index (χ2n) is 8.45. The number of rotatable bonds is 3. The number of nitrogens with one attached hydrogen (secondary N) is 1. The van der Waals surface area contributed by atoms with Gasteiger partial charge in [-0.05, 0) is 67.7 Å². The van der Waals surface area contributed by atoms with E-state index in [9.17, 15) is 4.79 Å². The number of amides is 1. The van der Waals surface area contributed by atoms with Gasteiger partial charge in [-0.25, -0.2) is 0 Å². The zero-order valence-corrected chi connectivity index (χ0v) is 15.8. The first kappa shape index (κ1) is 17.6. The van der Waals surface area contributed by atoms with Crippen LogP contribution in [0.4, 0.5) is 5.69 Å². The lowest BCUT2D eigenvalue weighted by atomic mass is 9.70. The van der Waals surface area contributed by atoms with E-state index in [1.165, 1.54) is 6.42 Å². The van der Waals surface area contributed by atoms with Crippen molar-refractivity contribution < 1.29 is 4.79 Å². The number of hydrogen-bond donors (Lipinski definition) is 1. The molecule has 2 fully saturated rings. The molecule has 2 aliphatic rings. The van der Waals surface area contributed by atoms with Crippen molar-refractivity contribution in [2.24, 2.45) is 11.3 Å². The second kappa shape index (κ2) is 6.95. The number of carbonyl (C=O) groups excluding carboxylic acids is 1. The first-order valence-corrected chi connectivity index (χ1v) is 9.54. The average Bonchev–Trinajstić information content (AvgIpc) is 2.95. The van der Waals surface area contributed by atoms with Crippen LogP contribution >= 0.6 is 11.6 Å². The van der Waals surface area contributed by atoms with Crippen LogP contribution in [0.5, 0.6) is 0 Å². The third-order valence-corrected chi connectivity index (χ3v) is 5.70. The topological polar surface area (TPSA) is 32.3 Å². The van der Waals surface area contributed by atoms with Crippen molar-refractivity contribution in [1.82, 2.24) is 5.32 Å². The van der Waals surface area contributed by atoms with E-state index < -0.39 is 0 Å². The first-order valence-electron chi connectivity index (χ1n) is 9.17. The minimum Gasteiger partial charge on any atom is -0.360 e. The summed E-state index contributed by atoms with van der Waals surface area (Å²) in [4.78, 5) is 15.1. The lowest BCUT2D eigenvalue weighted by Crippen LogP contribution is -2.50. The lowest BCUT2D eigenvalue weighted by molar-refractivity contribution is -0.123. The van der Waals surface area contributed by atoms with E-state index >= 15 is 0 Å². The Morgan fingerprint density at radius 2 is 1.96 bits per heavy atom. The standard InChI is InChI=1S/C20H29ClN2O/c1-14-11-16(13-20(2,3)12-14)22-19(24)18-5-4-10-23(18)17-8-6-15(21)7-9-17/h6-9,14,16,18H,4-5,10-13H2,1-3H3,(H,22,24)/t14?,16?,18-/m0/s1. The van der Waals surface area contributed by atoms with E-state index in [0.717, 1.165) is 42.9 Å². The van der Waals surface area contributed by atoms with Gasteiger partial charge < -0.3 is 10.2 Å². The fourth-order valence-corrected chi connectivity index (χ4v) is 4.86. The fraction of sp³-hybridized carbons (Fsp3) is 0.650. The number of benzene rings is 1. The maximum Gasteiger partial charge on any atom is 0.242 e. The van der Waals surface area contributed by atoms with Crippen LogP contribution in [0, 0.1) is 11.3 Å². The molecule has 1 N–H and O–H groups in total. The van der Waals surface area contributed by atoms with Crippen LogP contribution in [0.3, 0.4) is 0 Å². The molecule has 1 amide bonds. The van der Waals surface area contributed by atoms with E-state index in [2.05, 4.69) is 31.0 Å². The van der Waals surface area contributed by atoms with Gasteiger partial charge >= 0.3 is 0 Å². The third kappa shape index (κ3) is 4.05. The van der Waals surface area contributed by atoms with Crippen molar-refractivity contribution in [3.05, 3.63) is 29.3 Å². The molecule has 3 nitrogen and oxygen atoms in total. The largest absolute Gasteiger partial charge is 0.360 e. The van der Waals surface area contributed by atoms with E-state index in [-0.39, 0.29) is 11.9 Å². The molecule has 1 aliphatic heterocycles. The minimum absolute atomic E-state index is 0.0495. The second-order valence-corrected chi connectivity index (χ2v) is 8.88. The summed E-state index contributed by atoms with van der Waals surface area (Å²) in [7, 11) is 0. The summed E-state index contributed by atoms with van der Waals surface area (Å²) in [6.45, 7) is 7.87. The molecule has 2 unspecified atom stereocenters. The maximum atomic E-state index is 12.9. The summed E-state index contributed by atoms with van der Waals surface area (Å²) in [5, 5.41) is 4.08. The minimum atomic E-state index is -0.0495. The maximum absolute atomic E-state index is 12.9. The van der Waals surface area contributed by atoms with Crippen molar-refractivity contribution in [3.8, 4) is 0 Å². The van der Waals surface area contributed by atoms with E-state index in [4.69, 9.17) is 11.6 Å². The van der Waals surface area contributed by atoms with Gasteiger partial charge in [0.1, 0.15) is 6.04 Å². The summed E-state index contributed by atoms with van der Waals surface area (Å²) in [5.41, 5.74) is 1.41. The molecular weight excluding hydrogens is 320 g/mol. The molecule has 1 saturated heterocycles. The van der Waals surface area contributed by atoms with Crippen LogP contribution in [0.25, 0.3) is 0 Å². The molecule has 24 heavy (non-hydrogen) atoms. The van der Waals surface area contributed by atoms with Crippen molar-refractivity contribution in [3.63, 3.8) is 0 Å². The molecule has 4 heteroatoms. The smallest absolute Gasteiger partial charge is 0.242 e. The molecule has 1 aromatic carbocycles. The number of carbonyl (C=O) groups is 1. The predicted molar refractivity (Wildman–Crippen MR) is 101 cm³/mol. The van der Waals surface area contributed by atoms with Crippen LogP contribution in [-0.2, 0) is 4.79 Å². The summed E-state index contributed by atoms with van der Waals surface area (Å²) < 4.78 is 0. The Morgan fingerprint density at radius 1 is 1.25 bits per heavy atom. The summed E-state index contributed by atoms with van der Waals surface area (Å²) in [6.07, 6.45) is 5.42. The Balaban J connectivity index is 1.66. The van der Waals surface area contributed by atoms with E-state index in [1.54, 1.807) is 0 Å². The lowest BCUT2D eigenvalue weighted by Gasteiger charge is -2.40. The van der Waals surface area contributed by atoms with Gasteiger partial charge in [-0.15, -0.1) is 0 Å². The van der Waals surface area contributed by atoms with Crippen LogP contribution in [0.15, 0.2) is 24.3 Å². The Morgan fingerprint density at radius 3 is 2.62 bits per heavy atom. The summed E-state index contributed by atoms with van der Waals surface area (Å²) >= 11 is 5.99. The highest BCUT2D eigenvalue weighted by molar-refractivity contribution is 6.30. The molecule has 0 radical (unpaired) electrons. The van der Waals surface area contributed by atoms with Crippen molar-refractivity contribution in [2.45, 2.75) is 65.0 Å². The van der Waals surface area contributed by atoms with Crippen molar-refractivity contribution in [1.29, 1.82) is 0 Å². The molecule has 1 aromatic rings. The van der Waals surface area contributed by atoms with Crippen molar-refractivity contribution >= 4 is 23.2 Å². The summed E-state index contributed by atoms with van der Waals surface area (Å²) in [5.74, 6) is 0.868. The Bertz CT molecular complexity index is 584. The van der Waals surface area contributed by atoms with Gasteiger partial charge in [-0.1, -0.05) is 32.4 Å². The highest BCUT2D eigenvalue weighted by atomic mass is 35.5. The SMILES string of the molecule is CC1CC(NC(=O)[C@@H]2CCCN2c2ccc(Cl)cc2)CC(C)(C)C1. The Hall–Kier alpha value is -1.22. The van der Waals surface area contributed by atoms with Gasteiger partial charge in [0.2, 0.25) is 5.91 Å². The van der Waals surface area contributed by atoms with Gasteiger partial charge in [-0.3, -0.25) is 4.79 Å². The molecule has 3 atom stereocenters. The number of hydrogen-bond acceptors (Lipinski definition) is 2. The van der Waals surface area contributed by atoms with Gasteiger partial charge in [0, 0.05) is 23.3 Å². The highest BCUT2D eigenvalue weighted by Crippen LogP contribution is 2.38. The quantitative estimate of drug-likeness (QED) is 0.863. The van der Waals surface area contributed by atoms with Crippen molar-refractivity contribution in [2.75, 3.05) is 11.4 Å². The highest BCUT2D eigenvalue weighted by Gasteiger charge is 2.36. The molecule has 1 aliphatic carbocycles. The van der Waals surface area contributed by atoms with Crippen LogP contribution in [0.2, 0.25) is 5.02 Å². The van der Waals surface area contributed by atoms with Crippen LogP contribution < -0.4 is 10.2 Å². The molecule has 3 rings (SSSR count). The Labute approximate surface area is 150 Å². The van der Waals surface area contributed by atoms with Crippen LogP contribution in [-0.4, -0.2) is 24.5 Å².